The van der Waals surface area contributed by atoms with Gasteiger partial charge in [0.15, 0.2) is 18.1 Å². The molecule has 1 amide bonds. The highest BCUT2D eigenvalue weighted by atomic mass is 16.5. The van der Waals surface area contributed by atoms with Gasteiger partial charge in [-0.25, -0.2) is 4.79 Å². The summed E-state index contributed by atoms with van der Waals surface area (Å²) in [4.78, 5) is 25.4. The summed E-state index contributed by atoms with van der Waals surface area (Å²) in [6.45, 7) is 1.73. The van der Waals surface area contributed by atoms with E-state index in [-0.39, 0.29) is 12.5 Å². The predicted octanol–water partition coefficient (Wildman–Crippen LogP) is 1.13. The van der Waals surface area contributed by atoms with E-state index >= 15 is 0 Å². The average Bonchev–Trinajstić information content (AvgIpc) is 2.69. The van der Waals surface area contributed by atoms with E-state index in [9.17, 15) is 9.59 Å². The molecule has 1 aliphatic heterocycles. The SMILES string of the molecule is COc1cc(/C=C/C(=O)OCC(=O)N2CCOCC2)cc(OC)c1OC. The van der Waals surface area contributed by atoms with E-state index in [4.69, 9.17) is 23.7 Å². The molecule has 142 valence electrons. The second-order valence-corrected chi connectivity index (χ2v) is 5.39. The Morgan fingerprint density at radius 3 is 2.23 bits per heavy atom. The zero-order valence-corrected chi connectivity index (χ0v) is 15.1. The van der Waals surface area contributed by atoms with Gasteiger partial charge in [-0.3, -0.25) is 4.79 Å². The van der Waals surface area contributed by atoms with Crippen LogP contribution in [0.25, 0.3) is 6.08 Å². The van der Waals surface area contributed by atoms with Crippen molar-refractivity contribution in [3.8, 4) is 17.2 Å². The van der Waals surface area contributed by atoms with Crippen LogP contribution >= 0.6 is 0 Å². The molecular formula is C18H23NO7. The normalized spacial score (nSPS) is 14.2. The Labute approximate surface area is 152 Å². The van der Waals surface area contributed by atoms with E-state index in [0.717, 1.165) is 0 Å². The van der Waals surface area contributed by atoms with Gasteiger partial charge >= 0.3 is 5.97 Å². The molecule has 0 aromatic heterocycles. The summed E-state index contributed by atoms with van der Waals surface area (Å²) >= 11 is 0. The van der Waals surface area contributed by atoms with Crippen LogP contribution in [0.1, 0.15) is 5.56 Å². The Morgan fingerprint density at radius 1 is 1.08 bits per heavy atom. The number of carbonyl (C=O) groups is 2. The minimum Gasteiger partial charge on any atom is -0.493 e. The van der Waals surface area contributed by atoms with E-state index < -0.39 is 5.97 Å². The molecule has 1 saturated heterocycles. The van der Waals surface area contributed by atoms with Gasteiger partial charge in [0, 0.05) is 19.2 Å². The van der Waals surface area contributed by atoms with E-state index in [0.29, 0.717) is 49.1 Å². The van der Waals surface area contributed by atoms with E-state index in [1.165, 1.54) is 27.4 Å². The van der Waals surface area contributed by atoms with Crippen LogP contribution in [0.5, 0.6) is 17.2 Å². The molecule has 0 aliphatic carbocycles. The van der Waals surface area contributed by atoms with Gasteiger partial charge in [-0.2, -0.15) is 0 Å². The third-order valence-electron chi connectivity index (χ3n) is 3.80. The zero-order chi connectivity index (χ0) is 18.9. The van der Waals surface area contributed by atoms with Gasteiger partial charge in [-0.15, -0.1) is 0 Å². The summed E-state index contributed by atoms with van der Waals surface area (Å²) in [5, 5.41) is 0. The van der Waals surface area contributed by atoms with Crippen molar-refractivity contribution in [2.75, 3.05) is 54.2 Å². The van der Waals surface area contributed by atoms with Gasteiger partial charge < -0.3 is 28.6 Å². The molecular weight excluding hydrogens is 342 g/mol. The molecule has 1 aromatic rings. The standard InChI is InChI=1S/C18H23NO7/c1-22-14-10-13(11-15(23-2)18(14)24-3)4-5-17(21)26-12-16(20)19-6-8-25-9-7-19/h4-5,10-11H,6-9,12H2,1-3H3/b5-4+. The predicted molar refractivity (Wildman–Crippen MR) is 93.5 cm³/mol. The largest absolute Gasteiger partial charge is 0.493 e. The number of morpholine rings is 1. The van der Waals surface area contributed by atoms with Gasteiger partial charge in [0.2, 0.25) is 5.75 Å². The van der Waals surface area contributed by atoms with E-state index in [1.54, 1.807) is 23.1 Å². The number of hydrogen-bond acceptors (Lipinski definition) is 7. The summed E-state index contributed by atoms with van der Waals surface area (Å²) in [5.41, 5.74) is 0.663. The smallest absolute Gasteiger partial charge is 0.331 e. The number of amides is 1. The maximum Gasteiger partial charge on any atom is 0.331 e. The molecule has 26 heavy (non-hydrogen) atoms. The van der Waals surface area contributed by atoms with Crippen molar-refractivity contribution in [1.82, 2.24) is 4.90 Å². The fourth-order valence-electron chi connectivity index (χ4n) is 2.45. The summed E-state index contributed by atoms with van der Waals surface area (Å²) in [5.74, 6) is 0.568. The molecule has 0 spiro atoms. The Bertz CT molecular complexity index is 640. The minimum absolute atomic E-state index is 0.233. The molecule has 8 heteroatoms. The summed E-state index contributed by atoms with van der Waals surface area (Å²) in [6, 6.07) is 3.40. The van der Waals surface area contributed by atoms with Gasteiger partial charge in [-0.05, 0) is 23.8 Å². The molecule has 0 radical (unpaired) electrons. The summed E-state index contributed by atoms with van der Waals surface area (Å²) in [7, 11) is 4.53. The fourth-order valence-corrected chi connectivity index (χ4v) is 2.45. The van der Waals surface area contributed by atoms with Crippen LogP contribution in [0, 0.1) is 0 Å². The Hall–Kier alpha value is -2.74. The summed E-state index contributed by atoms with van der Waals surface area (Å²) in [6.07, 6.45) is 2.79. The lowest BCUT2D eigenvalue weighted by Crippen LogP contribution is -2.42. The first-order valence-electron chi connectivity index (χ1n) is 8.09. The minimum atomic E-state index is -0.611. The molecule has 0 saturated carbocycles. The van der Waals surface area contributed by atoms with Crippen molar-refractivity contribution in [3.63, 3.8) is 0 Å². The number of nitrogens with zero attached hydrogens (tertiary/aromatic N) is 1. The monoisotopic (exact) mass is 365 g/mol. The van der Waals surface area contributed by atoms with E-state index in [2.05, 4.69) is 0 Å². The number of benzene rings is 1. The van der Waals surface area contributed by atoms with Gasteiger partial charge in [0.1, 0.15) is 0 Å². The quantitative estimate of drug-likeness (QED) is 0.529. The van der Waals surface area contributed by atoms with Crippen LogP contribution in [0.15, 0.2) is 18.2 Å². The molecule has 1 heterocycles. The highest BCUT2D eigenvalue weighted by molar-refractivity contribution is 5.89. The molecule has 0 N–H and O–H groups in total. The topological polar surface area (TPSA) is 83.5 Å². The molecule has 2 rings (SSSR count). The molecule has 8 nitrogen and oxygen atoms in total. The number of carbonyl (C=O) groups excluding carboxylic acids is 2. The Kier molecular flexibility index (Phi) is 7.28. The molecule has 0 bridgehead atoms. The van der Waals surface area contributed by atoms with Crippen molar-refractivity contribution in [1.29, 1.82) is 0 Å². The first-order valence-corrected chi connectivity index (χ1v) is 8.09. The average molecular weight is 365 g/mol. The number of rotatable bonds is 7. The lowest BCUT2D eigenvalue weighted by Gasteiger charge is -2.26. The van der Waals surface area contributed by atoms with Crippen molar-refractivity contribution in [2.45, 2.75) is 0 Å². The number of ether oxygens (including phenoxy) is 5. The molecule has 0 atom stereocenters. The zero-order valence-electron chi connectivity index (χ0n) is 15.1. The lowest BCUT2D eigenvalue weighted by atomic mass is 10.1. The highest BCUT2D eigenvalue weighted by Gasteiger charge is 2.18. The van der Waals surface area contributed by atoms with Crippen molar-refractivity contribution >= 4 is 18.0 Å². The van der Waals surface area contributed by atoms with Crippen LogP contribution in [-0.4, -0.2) is 71.0 Å². The fraction of sp³-hybridized carbons (Fsp3) is 0.444. The third-order valence-corrected chi connectivity index (χ3v) is 3.80. The maximum absolute atomic E-state index is 11.9. The molecule has 0 unspecified atom stereocenters. The van der Waals surface area contributed by atoms with Crippen LogP contribution in [0.4, 0.5) is 0 Å². The highest BCUT2D eigenvalue weighted by Crippen LogP contribution is 2.38. The van der Waals surface area contributed by atoms with Gasteiger partial charge in [0.25, 0.3) is 5.91 Å². The molecule has 1 aromatic carbocycles. The summed E-state index contributed by atoms with van der Waals surface area (Å²) < 4.78 is 25.9. The third kappa shape index (κ3) is 5.13. The van der Waals surface area contributed by atoms with Crippen molar-refractivity contribution in [2.24, 2.45) is 0 Å². The van der Waals surface area contributed by atoms with Crippen LogP contribution < -0.4 is 14.2 Å². The number of methoxy groups -OCH3 is 3. The Morgan fingerprint density at radius 2 is 1.69 bits per heavy atom. The second-order valence-electron chi connectivity index (χ2n) is 5.39. The van der Waals surface area contributed by atoms with Gasteiger partial charge in [0.05, 0.1) is 34.5 Å². The van der Waals surface area contributed by atoms with Crippen LogP contribution in [0.3, 0.4) is 0 Å². The van der Waals surface area contributed by atoms with Crippen molar-refractivity contribution < 1.29 is 33.3 Å². The second kappa shape index (κ2) is 9.67. The van der Waals surface area contributed by atoms with Crippen LogP contribution in [-0.2, 0) is 19.1 Å². The molecule has 1 aliphatic rings. The number of hydrogen-bond donors (Lipinski definition) is 0. The van der Waals surface area contributed by atoms with Gasteiger partial charge in [-0.1, -0.05) is 0 Å². The Balaban J connectivity index is 1.95. The first-order chi connectivity index (χ1) is 12.6. The lowest BCUT2D eigenvalue weighted by molar-refractivity contribution is -0.150. The van der Waals surface area contributed by atoms with Crippen LogP contribution in [0.2, 0.25) is 0 Å². The van der Waals surface area contributed by atoms with E-state index in [1.807, 2.05) is 0 Å². The first kappa shape index (κ1) is 19.6. The number of esters is 1. The van der Waals surface area contributed by atoms with Crippen molar-refractivity contribution in [3.05, 3.63) is 23.8 Å². The maximum atomic E-state index is 11.9. The molecule has 1 fully saturated rings.